The van der Waals surface area contributed by atoms with Crippen LogP contribution in [0.3, 0.4) is 0 Å². The highest BCUT2D eigenvalue weighted by molar-refractivity contribution is 5.91. The van der Waals surface area contributed by atoms with Crippen molar-refractivity contribution < 1.29 is 18.8 Å². The van der Waals surface area contributed by atoms with E-state index in [2.05, 4.69) is 10.5 Å². The molecule has 1 saturated heterocycles. The minimum Gasteiger partial charge on any atom is -0.435 e. The first-order valence-corrected chi connectivity index (χ1v) is 6.60. The highest BCUT2D eigenvalue weighted by Crippen LogP contribution is 2.21. The van der Waals surface area contributed by atoms with E-state index in [4.69, 9.17) is 9.25 Å². The van der Waals surface area contributed by atoms with Gasteiger partial charge < -0.3 is 14.2 Å². The fourth-order valence-electron chi connectivity index (χ4n) is 1.83. The van der Waals surface area contributed by atoms with Crippen LogP contribution in [-0.4, -0.2) is 35.0 Å². The summed E-state index contributed by atoms with van der Waals surface area (Å²) in [6, 6.07) is 0. The Morgan fingerprint density at radius 3 is 2.55 bits per heavy atom. The summed E-state index contributed by atoms with van der Waals surface area (Å²) in [4.78, 5) is 33.7. The highest BCUT2D eigenvalue weighted by Gasteiger charge is 2.24. The number of rotatable bonds is 1. The van der Waals surface area contributed by atoms with Crippen LogP contribution in [0.4, 0.5) is 4.79 Å². The molecule has 1 aromatic heterocycles. The molecule has 2 heterocycles. The van der Waals surface area contributed by atoms with E-state index in [1.54, 1.807) is 4.90 Å². The Labute approximate surface area is 117 Å². The fourth-order valence-corrected chi connectivity index (χ4v) is 1.83. The van der Waals surface area contributed by atoms with Gasteiger partial charge in [-0.05, 0) is 12.8 Å². The molecule has 0 bridgehead atoms. The van der Waals surface area contributed by atoms with Crippen molar-refractivity contribution in [1.82, 2.24) is 15.4 Å². The topological polar surface area (TPSA) is 84.7 Å². The maximum atomic E-state index is 11.8. The molecule has 110 valence electrons. The molecule has 0 spiro atoms. The van der Waals surface area contributed by atoms with Crippen molar-refractivity contribution >= 4 is 12.0 Å². The Morgan fingerprint density at radius 2 is 2.00 bits per heavy atom. The van der Waals surface area contributed by atoms with Gasteiger partial charge in [0.2, 0.25) is 11.7 Å². The van der Waals surface area contributed by atoms with E-state index in [-0.39, 0.29) is 11.2 Å². The summed E-state index contributed by atoms with van der Waals surface area (Å²) in [6.07, 6.45) is 2.69. The van der Waals surface area contributed by atoms with E-state index in [9.17, 15) is 9.59 Å². The quantitative estimate of drug-likeness (QED) is 0.794. The van der Waals surface area contributed by atoms with Gasteiger partial charge in [0.15, 0.2) is 0 Å². The maximum Gasteiger partial charge on any atom is 0.434 e. The summed E-state index contributed by atoms with van der Waals surface area (Å²) in [6.45, 7) is 7.09. The second kappa shape index (κ2) is 5.52. The number of oxazole rings is 1. The molecule has 7 heteroatoms. The van der Waals surface area contributed by atoms with Gasteiger partial charge >= 0.3 is 12.0 Å². The fraction of sp³-hybridized carbons (Fsp3) is 0.615. The van der Waals surface area contributed by atoms with Gasteiger partial charge in [0, 0.05) is 18.5 Å². The van der Waals surface area contributed by atoms with Gasteiger partial charge in [0.25, 0.3) is 0 Å². The van der Waals surface area contributed by atoms with Crippen molar-refractivity contribution in [3.05, 3.63) is 17.8 Å². The Kier molecular flexibility index (Phi) is 3.96. The Hall–Kier alpha value is -2.05. The largest absolute Gasteiger partial charge is 0.435 e. The normalized spacial score (nSPS) is 15.2. The van der Waals surface area contributed by atoms with Crippen molar-refractivity contribution in [2.24, 2.45) is 0 Å². The molecular formula is C13H19N3O4. The van der Waals surface area contributed by atoms with Gasteiger partial charge in [-0.1, -0.05) is 20.8 Å². The lowest BCUT2D eigenvalue weighted by molar-refractivity contribution is 0.0427. The molecule has 1 N–H and O–H groups in total. The maximum absolute atomic E-state index is 11.8. The third-order valence-electron chi connectivity index (χ3n) is 2.97. The summed E-state index contributed by atoms with van der Waals surface area (Å²) in [5, 5.41) is 0. The zero-order chi connectivity index (χ0) is 14.8. The number of hydrogen-bond donors (Lipinski definition) is 1. The molecular weight excluding hydrogens is 262 g/mol. The molecule has 1 aromatic rings. The summed E-state index contributed by atoms with van der Waals surface area (Å²) in [5.41, 5.74) is 1.79. The summed E-state index contributed by atoms with van der Waals surface area (Å²) >= 11 is 0. The zero-order valence-corrected chi connectivity index (χ0v) is 11.9. The molecule has 1 aliphatic rings. The van der Waals surface area contributed by atoms with Crippen LogP contribution in [0.15, 0.2) is 10.6 Å². The predicted molar refractivity (Wildman–Crippen MR) is 70.0 cm³/mol. The standard InChI is InChI=1S/C13H19N3O4/c1-13(2,3)11-14-8-9(19-11)10(17)15-20-12(18)16-6-4-5-7-16/h8H,4-7H2,1-3H3,(H,15,17). The Morgan fingerprint density at radius 1 is 1.35 bits per heavy atom. The average molecular weight is 281 g/mol. The lowest BCUT2D eigenvalue weighted by Gasteiger charge is -2.14. The first-order valence-electron chi connectivity index (χ1n) is 6.60. The molecule has 2 amide bonds. The van der Waals surface area contributed by atoms with Gasteiger partial charge in [-0.15, -0.1) is 0 Å². The van der Waals surface area contributed by atoms with Gasteiger partial charge in [0.1, 0.15) is 0 Å². The molecule has 0 aromatic carbocycles. The molecule has 20 heavy (non-hydrogen) atoms. The first-order chi connectivity index (χ1) is 9.38. The van der Waals surface area contributed by atoms with Crippen LogP contribution in [0.25, 0.3) is 0 Å². The van der Waals surface area contributed by atoms with Crippen molar-refractivity contribution in [3.8, 4) is 0 Å². The summed E-state index contributed by atoms with van der Waals surface area (Å²) in [7, 11) is 0. The molecule has 0 unspecified atom stereocenters. The number of hydrogen-bond acceptors (Lipinski definition) is 5. The van der Waals surface area contributed by atoms with Crippen LogP contribution < -0.4 is 5.48 Å². The third-order valence-corrected chi connectivity index (χ3v) is 2.97. The molecule has 1 fully saturated rings. The monoisotopic (exact) mass is 281 g/mol. The van der Waals surface area contributed by atoms with Gasteiger partial charge in [-0.3, -0.25) is 4.79 Å². The molecule has 0 saturated carbocycles. The lowest BCUT2D eigenvalue weighted by atomic mass is 9.97. The molecule has 2 rings (SSSR count). The minimum atomic E-state index is -0.624. The number of aromatic nitrogens is 1. The van der Waals surface area contributed by atoms with E-state index < -0.39 is 12.0 Å². The van der Waals surface area contributed by atoms with E-state index >= 15 is 0 Å². The second-order valence-corrected chi connectivity index (χ2v) is 5.77. The predicted octanol–water partition coefficient (Wildman–Crippen LogP) is 1.85. The highest BCUT2D eigenvalue weighted by atomic mass is 16.7. The molecule has 0 atom stereocenters. The smallest absolute Gasteiger partial charge is 0.434 e. The van der Waals surface area contributed by atoms with Crippen LogP contribution in [0.2, 0.25) is 0 Å². The van der Waals surface area contributed by atoms with Crippen molar-refractivity contribution in [2.45, 2.75) is 39.0 Å². The van der Waals surface area contributed by atoms with Crippen LogP contribution in [0, 0.1) is 0 Å². The molecule has 1 aliphatic heterocycles. The molecule has 0 aliphatic carbocycles. The van der Waals surface area contributed by atoms with Crippen molar-refractivity contribution in [1.29, 1.82) is 0 Å². The number of likely N-dealkylation sites (tertiary alicyclic amines) is 1. The number of nitrogens with zero attached hydrogens (tertiary/aromatic N) is 2. The minimum absolute atomic E-state index is 0.0177. The zero-order valence-electron chi connectivity index (χ0n) is 11.9. The number of hydroxylamine groups is 1. The Balaban J connectivity index is 1.88. The van der Waals surface area contributed by atoms with Crippen LogP contribution in [0.1, 0.15) is 50.1 Å². The van der Waals surface area contributed by atoms with E-state index in [1.807, 2.05) is 20.8 Å². The third kappa shape index (κ3) is 3.28. The molecule has 7 nitrogen and oxygen atoms in total. The van der Waals surface area contributed by atoms with Crippen LogP contribution in [-0.2, 0) is 10.3 Å². The first kappa shape index (κ1) is 14.4. The lowest BCUT2D eigenvalue weighted by Crippen LogP contribution is -2.35. The summed E-state index contributed by atoms with van der Waals surface area (Å²) in [5.74, 6) is -0.154. The van der Waals surface area contributed by atoms with Crippen molar-refractivity contribution in [3.63, 3.8) is 0 Å². The van der Waals surface area contributed by atoms with Crippen molar-refractivity contribution in [2.75, 3.05) is 13.1 Å². The van der Waals surface area contributed by atoms with E-state index in [1.165, 1.54) is 6.20 Å². The second-order valence-electron chi connectivity index (χ2n) is 5.77. The van der Waals surface area contributed by atoms with E-state index in [0.29, 0.717) is 19.0 Å². The number of amides is 2. The van der Waals surface area contributed by atoms with Gasteiger partial charge in [0.05, 0.1) is 6.20 Å². The van der Waals surface area contributed by atoms with Crippen LogP contribution in [0.5, 0.6) is 0 Å². The number of carbonyl (C=O) groups is 2. The summed E-state index contributed by atoms with van der Waals surface area (Å²) < 4.78 is 5.34. The van der Waals surface area contributed by atoms with Gasteiger partial charge in [-0.2, -0.15) is 5.48 Å². The van der Waals surface area contributed by atoms with E-state index in [0.717, 1.165) is 12.8 Å². The number of nitrogens with one attached hydrogen (secondary N) is 1. The molecule has 0 radical (unpaired) electrons. The van der Waals surface area contributed by atoms with Gasteiger partial charge in [-0.25, -0.2) is 9.78 Å². The SMILES string of the molecule is CC(C)(C)c1ncc(C(=O)NOC(=O)N2CCCC2)o1. The van der Waals surface area contributed by atoms with Crippen LogP contribution >= 0.6 is 0 Å². The average Bonchev–Trinajstić information content (AvgIpc) is 3.04. The Bertz CT molecular complexity index is 498. The number of carbonyl (C=O) groups excluding carboxylic acids is 2.